The van der Waals surface area contributed by atoms with E-state index in [4.69, 9.17) is 17.3 Å². The van der Waals surface area contributed by atoms with Crippen molar-refractivity contribution in [3.8, 4) is 0 Å². The molecule has 5 heteroatoms. The van der Waals surface area contributed by atoms with Gasteiger partial charge in [-0.2, -0.15) is 0 Å². The van der Waals surface area contributed by atoms with E-state index in [2.05, 4.69) is 6.92 Å². The number of benzene rings is 1. The number of piperidine rings is 1. The Morgan fingerprint density at radius 3 is 2.83 bits per heavy atom. The van der Waals surface area contributed by atoms with Crippen LogP contribution in [-0.4, -0.2) is 18.7 Å². The highest BCUT2D eigenvalue weighted by molar-refractivity contribution is 6.30. The molecule has 1 aliphatic heterocycles. The summed E-state index contributed by atoms with van der Waals surface area (Å²) in [6.07, 6.45) is 4.34. The molecule has 0 aromatic heterocycles. The average Bonchev–Trinajstić information content (AvgIpc) is 2.56. The number of carbonyl (C=O) groups excluding carboxylic acids is 1. The summed E-state index contributed by atoms with van der Waals surface area (Å²) in [5, 5.41) is 0.610. The molecule has 0 bridgehead atoms. The van der Waals surface area contributed by atoms with Crippen molar-refractivity contribution in [2.45, 2.75) is 64.6 Å². The molecule has 3 unspecified atom stereocenters. The van der Waals surface area contributed by atoms with E-state index < -0.39 is 6.30 Å². The van der Waals surface area contributed by atoms with E-state index in [-0.39, 0.29) is 17.7 Å². The lowest BCUT2D eigenvalue weighted by Gasteiger charge is -2.36. The second-order valence-electron chi connectivity index (χ2n) is 6.77. The fraction of sp³-hybridized carbons (Fsp3) is 0.632. The predicted molar refractivity (Wildman–Crippen MR) is 98.2 cm³/mol. The molecule has 0 spiro atoms. The summed E-state index contributed by atoms with van der Waals surface area (Å²) in [6, 6.07) is 5.58. The van der Waals surface area contributed by atoms with Crippen molar-refractivity contribution >= 4 is 23.2 Å². The monoisotopic (exact) mass is 354 g/mol. The van der Waals surface area contributed by atoms with Gasteiger partial charge in [0.1, 0.15) is 0 Å². The van der Waals surface area contributed by atoms with Crippen LogP contribution >= 0.6 is 11.6 Å². The maximum absolute atomic E-state index is 14.5. The van der Waals surface area contributed by atoms with Crippen LogP contribution in [-0.2, 0) is 4.79 Å². The molecule has 1 saturated heterocycles. The first-order valence-electron chi connectivity index (χ1n) is 8.95. The summed E-state index contributed by atoms with van der Waals surface area (Å²) >= 11 is 6.23. The Hall–Kier alpha value is -1.29. The third-order valence-corrected chi connectivity index (χ3v) is 5.28. The predicted octanol–water partition coefficient (Wildman–Crippen LogP) is 5.02. The number of primary amides is 1. The highest BCUT2D eigenvalue weighted by Gasteiger charge is 2.30. The smallest absolute Gasteiger partial charge is 0.220 e. The summed E-state index contributed by atoms with van der Waals surface area (Å²) in [6.45, 7) is 4.67. The Bertz CT molecular complexity index is 566. The zero-order valence-corrected chi connectivity index (χ0v) is 15.4. The van der Waals surface area contributed by atoms with Crippen molar-refractivity contribution < 1.29 is 9.18 Å². The van der Waals surface area contributed by atoms with Crippen molar-refractivity contribution in [3.05, 3.63) is 28.8 Å². The molecule has 24 heavy (non-hydrogen) atoms. The van der Waals surface area contributed by atoms with Crippen LogP contribution in [0.5, 0.6) is 0 Å². The van der Waals surface area contributed by atoms with E-state index in [1.54, 1.807) is 6.07 Å². The van der Waals surface area contributed by atoms with E-state index >= 15 is 0 Å². The number of hydrogen-bond donors (Lipinski definition) is 1. The molecular formula is C19H28ClFN2O. The summed E-state index contributed by atoms with van der Waals surface area (Å²) in [5.74, 6) is -0.667. The highest BCUT2D eigenvalue weighted by atomic mass is 35.5. The molecule has 3 nitrogen and oxygen atoms in total. The first-order chi connectivity index (χ1) is 11.5. The van der Waals surface area contributed by atoms with Gasteiger partial charge in [0, 0.05) is 23.2 Å². The van der Waals surface area contributed by atoms with Crippen LogP contribution in [0.15, 0.2) is 18.2 Å². The van der Waals surface area contributed by atoms with Crippen LogP contribution < -0.4 is 10.6 Å². The van der Waals surface area contributed by atoms with E-state index in [0.29, 0.717) is 18.0 Å². The maximum Gasteiger partial charge on any atom is 0.220 e. The lowest BCUT2D eigenvalue weighted by Crippen LogP contribution is -2.38. The fourth-order valence-corrected chi connectivity index (χ4v) is 3.72. The van der Waals surface area contributed by atoms with Gasteiger partial charge in [-0.1, -0.05) is 38.3 Å². The topological polar surface area (TPSA) is 46.3 Å². The molecule has 1 fully saturated rings. The van der Waals surface area contributed by atoms with Gasteiger partial charge in [0.2, 0.25) is 5.91 Å². The van der Waals surface area contributed by atoms with E-state index in [1.807, 2.05) is 24.0 Å². The third kappa shape index (κ3) is 4.41. The summed E-state index contributed by atoms with van der Waals surface area (Å²) in [4.78, 5) is 13.6. The van der Waals surface area contributed by atoms with Gasteiger partial charge >= 0.3 is 0 Å². The first-order valence-corrected chi connectivity index (χ1v) is 9.33. The van der Waals surface area contributed by atoms with Crippen molar-refractivity contribution in [2.24, 2.45) is 11.7 Å². The molecule has 1 aliphatic rings. The minimum absolute atomic E-state index is 0.0368. The lowest BCUT2D eigenvalue weighted by atomic mass is 9.81. The zero-order valence-electron chi connectivity index (χ0n) is 14.6. The number of amides is 1. The Labute approximate surface area is 149 Å². The molecule has 0 aliphatic carbocycles. The first kappa shape index (κ1) is 19.0. The Morgan fingerprint density at radius 1 is 1.46 bits per heavy atom. The van der Waals surface area contributed by atoms with E-state index in [1.165, 1.54) is 0 Å². The Morgan fingerprint density at radius 2 is 2.21 bits per heavy atom. The molecule has 1 amide bonds. The van der Waals surface area contributed by atoms with Crippen LogP contribution in [0.1, 0.15) is 63.9 Å². The van der Waals surface area contributed by atoms with E-state index in [0.717, 1.165) is 43.4 Å². The molecule has 3 atom stereocenters. The number of alkyl halides is 1. The van der Waals surface area contributed by atoms with Gasteiger partial charge in [0.15, 0.2) is 6.30 Å². The summed E-state index contributed by atoms with van der Waals surface area (Å²) < 4.78 is 14.5. The quantitative estimate of drug-likeness (QED) is 0.699. The largest absolute Gasteiger partial charge is 0.369 e. The second-order valence-corrected chi connectivity index (χ2v) is 7.20. The van der Waals surface area contributed by atoms with Crippen LogP contribution in [0.2, 0.25) is 5.02 Å². The summed E-state index contributed by atoms with van der Waals surface area (Å²) in [7, 11) is 0. The van der Waals surface area contributed by atoms with Crippen LogP contribution in [0.4, 0.5) is 10.1 Å². The third-order valence-electron chi connectivity index (χ3n) is 5.05. The number of nitrogens with zero attached hydrogens (tertiary/aromatic N) is 1. The lowest BCUT2D eigenvalue weighted by molar-refractivity contribution is -0.122. The number of unbranched alkanes of at least 4 members (excludes halogenated alkanes) is 1. The molecule has 1 heterocycles. The van der Waals surface area contributed by atoms with Crippen LogP contribution in [0.25, 0.3) is 0 Å². The molecule has 0 saturated carbocycles. The second kappa shape index (κ2) is 8.70. The van der Waals surface area contributed by atoms with Gasteiger partial charge in [-0.3, -0.25) is 4.79 Å². The number of rotatable bonds is 7. The Balaban J connectivity index is 2.43. The maximum atomic E-state index is 14.5. The molecule has 134 valence electrons. The Kier molecular flexibility index (Phi) is 6.90. The van der Waals surface area contributed by atoms with Gasteiger partial charge < -0.3 is 10.6 Å². The van der Waals surface area contributed by atoms with Gasteiger partial charge in [0.05, 0.1) is 0 Å². The van der Waals surface area contributed by atoms with Gasteiger partial charge in [0.25, 0.3) is 0 Å². The minimum Gasteiger partial charge on any atom is -0.369 e. The SMILES string of the molecule is CCCCC(c1cc(Cl)ccc1N1CCCCC1F)C(C)C(N)=O. The summed E-state index contributed by atoms with van der Waals surface area (Å²) in [5.41, 5.74) is 7.39. The molecule has 2 N–H and O–H groups in total. The molecule has 0 radical (unpaired) electrons. The van der Waals surface area contributed by atoms with Crippen molar-refractivity contribution in [3.63, 3.8) is 0 Å². The number of anilines is 1. The highest BCUT2D eigenvalue weighted by Crippen LogP contribution is 2.40. The molecule has 1 aromatic rings. The van der Waals surface area contributed by atoms with Crippen molar-refractivity contribution in [1.29, 1.82) is 0 Å². The molecular weight excluding hydrogens is 327 g/mol. The zero-order chi connectivity index (χ0) is 17.7. The minimum atomic E-state index is -0.977. The van der Waals surface area contributed by atoms with Crippen molar-refractivity contribution in [2.75, 3.05) is 11.4 Å². The number of nitrogens with two attached hydrogens (primary N) is 1. The fourth-order valence-electron chi connectivity index (χ4n) is 3.54. The number of halogens is 2. The molecule has 2 rings (SSSR count). The standard InChI is InChI=1S/C19H28ClFN2O/c1-3-4-7-15(13(2)19(22)24)16-12-14(20)9-10-17(16)23-11-6-5-8-18(23)21/h9-10,12-13,15,18H,3-8,11H2,1-2H3,(H2,22,24). The van der Waals surface area contributed by atoms with E-state index in [9.17, 15) is 9.18 Å². The number of carbonyl (C=O) groups is 1. The normalized spacial score (nSPS) is 20.7. The average molecular weight is 355 g/mol. The van der Waals surface area contributed by atoms with Gasteiger partial charge in [-0.05, 0) is 55.4 Å². The number of hydrogen-bond acceptors (Lipinski definition) is 2. The van der Waals surface area contributed by atoms with Crippen LogP contribution in [0, 0.1) is 5.92 Å². The van der Waals surface area contributed by atoms with Crippen molar-refractivity contribution in [1.82, 2.24) is 0 Å². The molecule has 1 aromatic carbocycles. The van der Waals surface area contributed by atoms with Crippen LogP contribution in [0.3, 0.4) is 0 Å². The van der Waals surface area contributed by atoms with Gasteiger partial charge in [-0.25, -0.2) is 4.39 Å². The van der Waals surface area contributed by atoms with Gasteiger partial charge in [-0.15, -0.1) is 0 Å².